The highest BCUT2D eigenvalue weighted by atomic mass is 35.5. The Kier molecular flexibility index (Phi) is 4.60. The number of carbonyl (C=O) groups is 1. The number of benzene rings is 1. The summed E-state index contributed by atoms with van der Waals surface area (Å²) < 4.78 is 1.74. The summed E-state index contributed by atoms with van der Waals surface area (Å²) in [5, 5.41) is 18.6. The van der Waals surface area contributed by atoms with Gasteiger partial charge in [-0.1, -0.05) is 11.6 Å². The van der Waals surface area contributed by atoms with Crippen LogP contribution >= 0.6 is 11.6 Å². The summed E-state index contributed by atoms with van der Waals surface area (Å²) in [6, 6.07) is 5.86. The maximum Gasteiger partial charge on any atom is 0.289 e. The molecule has 3 aromatic rings. The van der Waals surface area contributed by atoms with E-state index in [-0.39, 0.29) is 22.4 Å². The SMILES string of the molecule is Cc1cc(C(=O)Nc2ccc(Cl)c([N+](=O)[O-])c2)c2cnn(C(C)C)c2n1. The molecule has 26 heavy (non-hydrogen) atoms. The molecule has 134 valence electrons. The standard InChI is InChI=1S/C17H16ClN5O3/c1-9(2)22-16-13(8-19-22)12(6-10(3)20-16)17(24)21-11-4-5-14(18)15(7-11)23(25)26/h4-9H,1-3H3,(H,21,24). The van der Waals surface area contributed by atoms with E-state index in [0.29, 0.717) is 22.3 Å². The number of nitrogens with one attached hydrogen (secondary N) is 1. The fourth-order valence-electron chi connectivity index (χ4n) is 2.64. The number of carbonyl (C=O) groups excluding carboxylic acids is 1. The first-order valence-corrected chi connectivity index (χ1v) is 8.26. The maximum absolute atomic E-state index is 12.7. The van der Waals surface area contributed by atoms with E-state index >= 15 is 0 Å². The molecule has 0 saturated heterocycles. The fraction of sp³-hybridized carbons (Fsp3) is 0.235. The van der Waals surface area contributed by atoms with Gasteiger partial charge in [0.05, 0.1) is 22.1 Å². The molecule has 0 saturated carbocycles. The lowest BCUT2D eigenvalue weighted by Crippen LogP contribution is -2.13. The van der Waals surface area contributed by atoms with Crippen LogP contribution in [-0.2, 0) is 0 Å². The zero-order chi connectivity index (χ0) is 19.0. The highest BCUT2D eigenvalue weighted by Gasteiger charge is 2.19. The van der Waals surface area contributed by atoms with Crippen molar-refractivity contribution in [2.24, 2.45) is 0 Å². The van der Waals surface area contributed by atoms with Crippen molar-refractivity contribution in [3.05, 3.63) is 56.9 Å². The highest BCUT2D eigenvalue weighted by Crippen LogP contribution is 2.28. The number of amides is 1. The Hall–Kier alpha value is -3.00. The van der Waals surface area contributed by atoms with Crippen molar-refractivity contribution in [1.29, 1.82) is 0 Å². The van der Waals surface area contributed by atoms with Crippen LogP contribution in [0.1, 0.15) is 35.9 Å². The van der Waals surface area contributed by atoms with Crippen LogP contribution in [0.15, 0.2) is 30.5 Å². The van der Waals surface area contributed by atoms with Crippen LogP contribution in [0.2, 0.25) is 5.02 Å². The summed E-state index contributed by atoms with van der Waals surface area (Å²) in [7, 11) is 0. The second-order valence-corrected chi connectivity index (χ2v) is 6.52. The Bertz CT molecular complexity index is 1030. The smallest absolute Gasteiger partial charge is 0.289 e. The molecule has 2 heterocycles. The van der Waals surface area contributed by atoms with Crippen molar-refractivity contribution >= 4 is 39.9 Å². The highest BCUT2D eigenvalue weighted by molar-refractivity contribution is 6.32. The van der Waals surface area contributed by atoms with Crippen molar-refractivity contribution in [3.8, 4) is 0 Å². The molecular formula is C17H16ClN5O3. The van der Waals surface area contributed by atoms with E-state index in [4.69, 9.17) is 11.6 Å². The molecule has 0 spiro atoms. The Morgan fingerprint density at radius 1 is 1.35 bits per heavy atom. The molecule has 9 heteroatoms. The van der Waals surface area contributed by atoms with Gasteiger partial charge in [-0.25, -0.2) is 9.67 Å². The van der Waals surface area contributed by atoms with Crippen LogP contribution in [0.25, 0.3) is 11.0 Å². The van der Waals surface area contributed by atoms with Crippen LogP contribution in [0.5, 0.6) is 0 Å². The van der Waals surface area contributed by atoms with Gasteiger partial charge in [-0.3, -0.25) is 14.9 Å². The number of hydrogen-bond acceptors (Lipinski definition) is 5. The Morgan fingerprint density at radius 3 is 2.73 bits per heavy atom. The molecule has 0 aliphatic heterocycles. The first-order chi connectivity index (χ1) is 12.3. The predicted octanol–water partition coefficient (Wildman–Crippen LogP) is 4.13. The summed E-state index contributed by atoms with van der Waals surface area (Å²) in [6.07, 6.45) is 1.60. The summed E-state index contributed by atoms with van der Waals surface area (Å²) in [4.78, 5) is 27.6. The summed E-state index contributed by atoms with van der Waals surface area (Å²) in [5.41, 5.74) is 1.70. The third-order valence-corrected chi connectivity index (χ3v) is 4.15. The average molecular weight is 374 g/mol. The minimum atomic E-state index is -0.598. The molecule has 1 aromatic carbocycles. The van der Waals surface area contributed by atoms with Gasteiger partial charge in [-0.05, 0) is 39.0 Å². The van der Waals surface area contributed by atoms with Gasteiger partial charge < -0.3 is 5.32 Å². The van der Waals surface area contributed by atoms with E-state index in [0.717, 1.165) is 0 Å². The summed E-state index contributed by atoms with van der Waals surface area (Å²) >= 11 is 5.80. The number of rotatable bonds is 4. The normalized spacial score (nSPS) is 11.1. The number of halogens is 1. The number of aryl methyl sites for hydroxylation is 1. The van der Waals surface area contributed by atoms with Crippen molar-refractivity contribution in [3.63, 3.8) is 0 Å². The van der Waals surface area contributed by atoms with Gasteiger partial charge in [0.25, 0.3) is 11.6 Å². The number of fused-ring (bicyclic) bond motifs is 1. The lowest BCUT2D eigenvalue weighted by atomic mass is 10.1. The van der Waals surface area contributed by atoms with Gasteiger partial charge in [-0.2, -0.15) is 5.10 Å². The minimum absolute atomic E-state index is 0.00774. The largest absolute Gasteiger partial charge is 0.322 e. The topological polar surface area (TPSA) is 103 Å². The fourth-order valence-corrected chi connectivity index (χ4v) is 2.82. The number of nitro groups is 1. The molecule has 0 aliphatic rings. The molecule has 3 rings (SSSR count). The van der Waals surface area contributed by atoms with E-state index < -0.39 is 10.8 Å². The van der Waals surface area contributed by atoms with Crippen LogP contribution in [0.4, 0.5) is 11.4 Å². The first-order valence-electron chi connectivity index (χ1n) is 7.88. The van der Waals surface area contributed by atoms with Crippen molar-refractivity contribution < 1.29 is 9.72 Å². The Labute approximate surface area is 153 Å². The molecule has 0 atom stereocenters. The lowest BCUT2D eigenvalue weighted by molar-refractivity contribution is -0.384. The third kappa shape index (κ3) is 3.23. The molecule has 0 radical (unpaired) electrons. The second kappa shape index (κ2) is 6.72. The number of anilines is 1. The van der Waals surface area contributed by atoms with Crippen LogP contribution in [0, 0.1) is 17.0 Å². The van der Waals surface area contributed by atoms with E-state index in [1.807, 2.05) is 13.8 Å². The van der Waals surface area contributed by atoms with Crippen molar-refractivity contribution in [2.75, 3.05) is 5.32 Å². The molecule has 1 N–H and O–H groups in total. The van der Waals surface area contributed by atoms with E-state index in [1.54, 1.807) is 23.9 Å². The first kappa shape index (κ1) is 17.8. The van der Waals surface area contributed by atoms with E-state index in [2.05, 4.69) is 15.4 Å². The molecule has 0 aliphatic carbocycles. The number of aromatic nitrogens is 3. The molecule has 0 unspecified atom stereocenters. The van der Waals surface area contributed by atoms with Gasteiger partial charge in [0.15, 0.2) is 5.65 Å². The van der Waals surface area contributed by atoms with Crippen LogP contribution < -0.4 is 5.32 Å². The molecule has 8 nitrogen and oxygen atoms in total. The van der Waals surface area contributed by atoms with Gasteiger partial charge >= 0.3 is 0 Å². The number of hydrogen-bond donors (Lipinski definition) is 1. The van der Waals surface area contributed by atoms with E-state index in [1.165, 1.54) is 18.2 Å². The zero-order valence-electron chi connectivity index (χ0n) is 14.4. The number of nitro benzene ring substituents is 1. The van der Waals surface area contributed by atoms with Crippen LogP contribution in [-0.4, -0.2) is 25.6 Å². The molecule has 0 fully saturated rings. The second-order valence-electron chi connectivity index (χ2n) is 6.11. The lowest BCUT2D eigenvalue weighted by Gasteiger charge is -2.10. The summed E-state index contributed by atoms with van der Waals surface area (Å²) in [6.45, 7) is 5.74. The van der Waals surface area contributed by atoms with Crippen LogP contribution in [0.3, 0.4) is 0 Å². The predicted molar refractivity (Wildman–Crippen MR) is 98.7 cm³/mol. The van der Waals surface area contributed by atoms with Gasteiger partial charge in [0, 0.05) is 23.5 Å². The van der Waals surface area contributed by atoms with Gasteiger partial charge in [-0.15, -0.1) is 0 Å². The molecule has 1 amide bonds. The van der Waals surface area contributed by atoms with Crippen molar-refractivity contribution in [2.45, 2.75) is 26.8 Å². The van der Waals surface area contributed by atoms with Crippen molar-refractivity contribution in [1.82, 2.24) is 14.8 Å². The monoisotopic (exact) mass is 373 g/mol. The zero-order valence-corrected chi connectivity index (χ0v) is 15.1. The quantitative estimate of drug-likeness (QED) is 0.547. The molecular weight excluding hydrogens is 358 g/mol. The third-order valence-electron chi connectivity index (χ3n) is 3.83. The van der Waals surface area contributed by atoms with E-state index in [9.17, 15) is 14.9 Å². The molecule has 0 bridgehead atoms. The number of pyridine rings is 1. The Morgan fingerprint density at radius 2 is 2.08 bits per heavy atom. The summed E-state index contributed by atoms with van der Waals surface area (Å²) in [5.74, 6) is -0.402. The van der Waals surface area contributed by atoms with Gasteiger partial charge in [0.1, 0.15) is 5.02 Å². The van der Waals surface area contributed by atoms with Gasteiger partial charge in [0.2, 0.25) is 0 Å². The maximum atomic E-state index is 12.7. The minimum Gasteiger partial charge on any atom is -0.322 e. The Balaban J connectivity index is 2.01. The average Bonchev–Trinajstić information content (AvgIpc) is 2.99. The number of nitrogens with zero attached hydrogens (tertiary/aromatic N) is 4. The molecule has 2 aromatic heterocycles.